The third-order valence-electron chi connectivity index (χ3n) is 4.69. The van der Waals surface area contributed by atoms with E-state index in [1.54, 1.807) is 18.0 Å². The predicted octanol–water partition coefficient (Wildman–Crippen LogP) is 2.93. The Morgan fingerprint density at radius 1 is 1.17 bits per heavy atom. The summed E-state index contributed by atoms with van der Waals surface area (Å²) in [7, 11) is 0. The Balaban J connectivity index is 1.49. The quantitative estimate of drug-likeness (QED) is 0.348. The lowest BCUT2D eigenvalue weighted by atomic mass is 10.2. The zero-order chi connectivity index (χ0) is 20.2. The summed E-state index contributed by atoms with van der Waals surface area (Å²) in [5.74, 6) is 2.09. The number of carbonyl (C=O) groups excluding carboxylic acids is 2. The van der Waals surface area contributed by atoms with Crippen molar-refractivity contribution in [2.45, 2.75) is 25.0 Å². The molecule has 0 unspecified atom stereocenters. The van der Waals surface area contributed by atoms with Gasteiger partial charge in [0.25, 0.3) is 0 Å². The Bertz CT molecular complexity index is 998. The van der Waals surface area contributed by atoms with Gasteiger partial charge in [-0.05, 0) is 25.0 Å². The molecule has 0 spiro atoms. The first-order valence-electron chi connectivity index (χ1n) is 9.36. The topological polar surface area (TPSA) is 93.3 Å². The van der Waals surface area contributed by atoms with Gasteiger partial charge in [-0.1, -0.05) is 42.1 Å². The summed E-state index contributed by atoms with van der Waals surface area (Å²) >= 11 is 1.57. The van der Waals surface area contributed by atoms with Crippen LogP contribution in [0, 0.1) is 6.92 Å². The number of hydrogen-bond donors (Lipinski definition) is 1. The zero-order valence-electron chi connectivity index (χ0n) is 16.0. The minimum absolute atomic E-state index is 0.0881. The second kappa shape index (κ2) is 8.52. The maximum atomic E-state index is 11.7. The lowest BCUT2D eigenvalue weighted by Crippen LogP contribution is -2.32. The molecule has 1 aromatic carbocycles. The molecule has 29 heavy (non-hydrogen) atoms. The molecule has 150 valence electrons. The summed E-state index contributed by atoms with van der Waals surface area (Å²) in [6, 6.07) is 11.7. The molecule has 1 saturated heterocycles. The van der Waals surface area contributed by atoms with Crippen LogP contribution >= 0.6 is 11.8 Å². The van der Waals surface area contributed by atoms with E-state index in [1.165, 1.54) is 4.90 Å². The lowest BCUT2D eigenvalue weighted by molar-refractivity contribution is -0.124. The van der Waals surface area contributed by atoms with Crippen molar-refractivity contribution in [3.63, 3.8) is 0 Å². The smallest absolute Gasteiger partial charge is 0.324 e. The largest absolute Gasteiger partial charge is 0.469 e. The number of nitrogens with zero attached hydrogens (tertiary/aromatic N) is 4. The molecule has 1 N–H and O–H groups in total. The summed E-state index contributed by atoms with van der Waals surface area (Å²) in [5, 5.41) is 12.1. The number of amides is 3. The van der Waals surface area contributed by atoms with Crippen LogP contribution in [0.1, 0.15) is 17.7 Å². The Labute approximate surface area is 172 Å². The molecular weight excluding hydrogens is 390 g/mol. The average molecular weight is 411 g/mol. The number of aromatic nitrogens is 3. The second-order valence-corrected chi connectivity index (χ2v) is 7.74. The monoisotopic (exact) mass is 411 g/mol. The highest BCUT2D eigenvalue weighted by atomic mass is 32.2. The summed E-state index contributed by atoms with van der Waals surface area (Å²) in [5.41, 5.74) is 2.07. The van der Waals surface area contributed by atoms with Crippen LogP contribution in [0.5, 0.6) is 0 Å². The van der Waals surface area contributed by atoms with E-state index < -0.39 is 0 Å². The number of thioether (sulfide) groups is 1. The molecule has 0 saturated carbocycles. The van der Waals surface area contributed by atoms with Crippen LogP contribution in [0.3, 0.4) is 0 Å². The molecule has 0 aliphatic carbocycles. The van der Waals surface area contributed by atoms with Crippen LogP contribution in [0.2, 0.25) is 0 Å². The Morgan fingerprint density at radius 2 is 2.00 bits per heavy atom. The molecule has 1 fully saturated rings. The van der Waals surface area contributed by atoms with Gasteiger partial charge in [0.15, 0.2) is 11.0 Å². The summed E-state index contributed by atoms with van der Waals surface area (Å²) in [4.78, 5) is 24.6. The van der Waals surface area contributed by atoms with Gasteiger partial charge in [-0.3, -0.25) is 14.3 Å². The van der Waals surface area contributed by atoms with Gasteiger partial charge in [0.1, 0.15) is 5.76 Å². The SMILES string of the molecule is Cc1occc1-c1nnc(SCCCN2C(=O)CNC2=O)n1Cc1ccccc1. The normalized spacial score (nSPS) is 13.9. The summed E-state index contributed by atoms with van der Waals surface area (Å²) in [6.07, 6.45) is 2.33. The van der Waals surface area contributed by atoms with Crippen LogP contribution in [0.25, 0.3) is 11.4 Å². The van der Waals surface area contributed by atoms with Crippen LogP contribution in [-0.2, 0) is 11.3 Å². The van der Waals surface area contributed by atoms with Crippen molar-refractivity contribution >= 4 is 23.7 Å². The Morgan fingerprint density at radius 3 is 2.69 bits per heavy atom. The van der Waals surface area contributed by atoms with Crippen LogP contribution < -0.4 is 5.32 Å². The van der Waals surface area contributed by atoms with Gasteiger partial charge in [-0.25, -0.2) is 4.79 Å². The molecule has 8 nitrogen and oxygen atoms in total. The van der Waals surface area contributed by atoms with E-state index in [2.05, 4.69) is 32.2 Å². The van der Waals surface area contributed by atoms with Gasteiger partial charge in [0.05, 0.1) is 24.9 Å². The molecule has 3 amide bonds. The average Bonchev–Trinajstić information content (AvgIpc) is 3.40. The van der Waals surface area contributed by atoms with E-state index in [4.69, 9.17) is 4.42 Å². The molecule has 1 aliphatic rings. The molecule has 0 radical (unpaired) electrons. The Kier molecular flexibility index (Phi) is 5.66. The van der Waals surface area contributed by atoms with Crippen LogP contribution in [0.4, 0.5) is 4.79 Å². The van der Waals surface area contributed by atoms with E-state index in [0.29, 0.717) is 25.3 Å². The van der Waals surface area contributed by atoms with Crippen molar-refractivity contribution in [2.75, 3.05) is 18.8 Å². The van der Waals surface area contributed by atoms with E-state index in [-0.39, 0.29) is 18.5 Å². The zero-order valence-corrected chi connectivity index (χ0v) is 16.8. The fraction of sp³-hybridized carbons (Fsp3) is 0.300. The van der Waals surface area contributed by atoms with Crippen molar-refractivity contribution in [3.8, 4) is 11.4 Å². The van der Waals surface area contributed by atoms with Gasteiger partial charge in [-0.15, -0.1) is 10.2 Å². The van der Waals surface area contributed by atoms with Gasteiger partial charge in [0, 0.05) is 12.3 Å². The fourth-order valence-electron chi connectivity index (χ4n) is 3.19. The third-order valence-corrected chi connectivity index (χ3v) is 5.75. The van der Waals surface area contributed by atoms with Crippen molar-refractivity contribution in [2.24, 2.45) is 0 Å². The number of hydrogen-bond acceptors (Lipinski definition) is 6. The number of benzene rings is 1. The number of furan rings is 1. The van der Waals surface area contributed by atoms with Crippen LogP contribution in [-0.4, -0.2) is 50.4 Å². The molecule has 0 bridgehead atoms. The number of rotatable bonds is 8. The molecular formula is C20H21N5O3S. The number of imide groups is 1. The maximum Gasteiger partial charge on any atom is 0.324 e. The van der Waals surface area contributed by atoms with Gasteiger partial charge >= 0.3 is 6.03 Å². The van der Waals surface area contributed by atoms with E-state index in [1.807, 2.05) is 31.2 Å². The molecule has 3 aromatic rings. The minimum atomic E-state index is -0.315. The summed E-state index contributed by atoms with van der Waals surface area (Å²) < 4.78 is 7.52. The minimum Gasteiger partial charge on any atom is -0.469 e. The molecule has 9 heteroatoms. The van der Waals surface area contributed by atoms with E-state index >= 15 is 0 Å². The van der Waals surface area contributed by atoms with Crippen molar-refractivity contribution in [1.82, 2.24) is 25.0 Å². The predicted molar refractivity (Wildman–Crippen MR) is 108 cm³/mol. The molecule has 4 rings (SSSR count). The number of urea groups is 1. The third kappa shape index (κ3) is 4.19. The lowest BCUT2D eigenvalue weighted by Gasteiger charge is -2.12. The van der Waals surface area contributed by atoms with Crippen molar-refractivity contribution < 1.29 is 14.0 Å². The van der Waals surface area contributed by atoms with Crippen molar-refractivity contribution in [3.05, 3.63) is 54.0 Å². The highest BCUT2D eigenvalue weighted by molar-refractivity contribution is 7.99. The highest BCUT2D eigenvalue weighted by Crippen LogP contribution is 2.28. The van der Waals surface area contributed by atoms with Crippen LogP contribution in [0.15, 0.2) is 52.2 Å². The first-order valence-corrected chi connectivity index (χ1v) is 10.3. The highest BCUT2D eigenvalue weighted by Gasteiger charge is 2.27. The summed E-state index contributed by atoms with van der Waals surface area (Å²) in [6.45, 7) is 3.04. The fourth-order valence-corrected chi connectivity index (χ4v) is 4.05. The standard InChI is InChI=1S/C20H21N5O3S/c1-14-16(8-10-28-14)18-22-23-20(25(18)13-15-6-3-2-4-7-15)29-11-5-9-24-17(26)12-21-19(24)27/h2-4,6-8,10H,5,9,11-13H2,1H3,(H,21,27). The number of carbonyl (C=O) groups is 2. The maximum absolute atomic E-state index is 11.7. The van der Waals surface area contributed by atoms with E-state index in [9.17, 15) is 9.59 Å². The second-order valence-electron chi connectivity index (χ2n) is 6.67. The van der Waals surface area contributed by atoms with Gasteiger partial charge in [-0.2, -0.15) is 0 Å². The Hall–Kier alpha value is -3.07. The first-order chi connectivity index (χ1) is 14.1. The first kappa shape index (κ1) is 19.3. The molecule has 1 aliphatic heterocycles. The molecule has 2 aromatic heterocycles. The number of nitrogens with one attached hydrogen (secondary N) is 1. The van der Waals surface area contributed by atoms with Gasteiger partial charge in [0.2, 0.25) is 5.91 Å². The number of aryl methyl sites for hydroxylation is 1. The van der Waals surface area contributed by atoms with E-state index in [0.717, 1.165) is 27.9 Å². The molecule has 0 atom stereocenters. The molecule has 3 heterocycles. The van der Waals surface area contributed by atoms with Gasteiger partial charge < -0.3 is 9.73 Å². The van der Waals surface area contributed by atoms with Crippen molar-refractivity contribution in [1.29, 1.82) is 0 Å².